The number of hydrogen-bond donors (Lipinski definition) is 6. The van der Waals surface area contributed by atoms with Crippen molar-refractivity contribution in [2.24, 2.45) is 5.92 Å². The summed E-state index contributed by atoms with van der Waals surface area (Å²) in [5.74, 6) is -1.84. The molecule has 14 nitrogen and oxygen atoms in total. The molecule has 2 aliphatic rings. The topological polar surface area (TPSA) is 206 Å². The van der Waals surface area contributed by atoms with Gasteiger partial charge in [0.2, 0.25) is 11.8 Å². The van der Waals surface area contributed by atoms with Crippen molar-refractivity contribution in [1.29, 1.82) is 0 Å². The highest BCUT2D eigenvalue weighted by Crippen LogP contribution is 2.35. The number of aliphatic hydroxyl groups excluding tert-OH is 1. The number of amides is 3. The number of aromatic amines is 2. The molecular weight excluding hydrogens is 472 g/mol. The van der Waals surface area contributed by atoms with Crippen LogP contribution in [-0.4, -0.2) is 83.1 Å². The minimum atomic E-state index is -1.04. The van der Waals surface area contributed by atoms with Crippen LogP contribution in [0.2, 0.25) is 0 Å². The number of H-pyrrole nitrogens is 2. The van der Waals surface area contributed by atoms with E-state index in [0.717, 1.165) is 25.7 Å². The van der Waals surface area contributed by atoms with Gasteiger partial charge >= 0.3 is 5.97 Å². The van der Waals surface area contributed by atoms with Crippen LogP contribution >= 0.6 is 0 Å². The third-order valence-electron chi connectivity index (χ3n) is 6.68. The monoisotopic (exact) mass is 502 g/mol. The number of carboxylic acid groups (broad SMARTS) is 1. The number of carbonyl (C=O) groups excluding carboxylic acids is 3. The molecule has 0 bridgehead atoms. The molecule has 0 aromatic carbocycles. The first kappa shape index (κ1) is 25.3. The first-order valence-electron chi connectivity index (χ1n) is 12.0. The normalized spacial score (nSPS) is 20.9. The number of nitrogens with one attached hydrogen (secondary N) is 4. The van der Waals surface area contributed by atoms with Crippen LogP contribution in [-0.2, 0) is 20.9 Å². The van der Waals surface area contributed by atoms with Crippen molar-refractivity contribution in [1.82, 2.24) is 41.1 Å². The SMILES string of the molecule is O=C(O)CCC(=O)N[C@H](c1ccc(C(=O)N2C[C@H](O)C[C@H]2C(=O)NCc2nn[nH]n2)[nH]1)C1CCCC1. The lowest BCUT2D eigenvalue weighted by atomic mass is 9.95. The molecule has 2 fully saturated rings. The number of aromatic nitrogens is 5. The van der Waals surface area contributed by atoms with E-state index in [2.05, 4.69) is 36.2 Å². The Hall–Kier alpha value is -3.81. The highest BCUT2D eigenvalue weighted by atomic mass is 16.4. The van der Waals surface area contributed by atoms with E-state index in [9.17, 15) is 24.3 Å². The van der Waals surface area contributed by atoms with Gasteiger partial charge in [0.05, 0.1) is 25.1 Å². The Morgan fingerprint density at radius 3 is 2.64 bits per heavy atom. The molecular formula is C22H30N8O6. The third kappa shape index (κ3) is 6.05. The Kier molecular flexibility index (Phi) is 7.93. The minimum Gasteiger partial charge on any atom is -0.481 e. The molecule has 2 aromatic rings. The molecule has 0 spiro atoms. The molecule has 0 radical (unpaired) electrons. The summed E-state index contributed by atoms with van der Waals surface area (Å²) in [6, 6.07) is 2.08. The van der Waals surface area contributed by atoms with Crippen molar-refractivity contribution < 1.29 is 29.4 Å². The lowest BCUT2D eigenvalue weighted by Crippen LogP contribution is -2.46. The van der Waals surface area contributed by atoms with Gasteiger partial charge in [-0.1, -0.05) is 18.1 Å². The number of carboxylic acids is 1. The zero-order valence-corrected chi connectivity index (χ0v) is 19.6. The number of β-amino-alcohol motifs (C(OH)–C–C–N with tert-alkyl or cyclic N) is 1. The van der Waals surface area contributed by atoms with Crippen molar-refractivity contribution in [2.75, 3.05) is 6.54 Å². The summed E-state index contributed by atoms with van der Waals surface area (Å²) >= 11 is 0. The molecule has 4 rings (SSSR count). The predicted molar refractivity (Wildman–Crippen MR) is 122 cm³/mol. The molecule has 1 saturated carbocycles. The molecule has 1 aliphatic carbocycles. The molecule has 2 aromatic heterocycles. The maximum atomic E-state index is 13.3. The average molecular weight is 503 g/mol. The van der Waals surface area contributed by atoms with Gasteiger partial charge in [-0.05, 0) is 30.9 Å². The number of aliphatic carboxylic acids is 1. The Balaban J connectivity index is 1.45. The Morgan fingerprint density at radius 2 is 1.94 bits per heavy atom. The van der Waals surface area contributed by atoms with Crippen molar-refractivity contribution in [2.45, 2.75) is 69.7 Å². The van der Waals surface area contributed by atoms with E-state index >= 15 is 0 Å². The average Bonchev–Trinajstić information content (AvgIpc) is 3.66. The number of nitrogens with zero attached hydrogens (tertiary/aromatic N) is 4. The zero-order valence-electron chi connectivity index (χ0n) is 19.6. The quantitative estimate of drug-likeness (QED) is 0.250. The number of tetrazole rings is 1. The molecule has 0 unspecified atom stereocenters. The number of likely N-dealkylation sites (tertiary alicyclic amines) is 1. The summed E-state index contributed by atoms with van der Waals surface area (Å²) in [6.07, 6.45) is 2.75. The number of rotatable bonds is 10. The summed E-state index contributed by atoms with van der Waals surface area (Å²) in [7, 11) is 0. The van der Waals surface area contributed by atoms with Gasteiger partial charge in [-0.15, -0.1) is 10.2 Å². The fourth-order valence-electron chi connectivity index (χ4n) is 4.91. The second-order valence-corrected chi connectivity index (χ2v) is 9.22. The second kappa shape index (κ2) is 11.3. The molecule has 6 N–H and O–H groups in total. The van der Waals surface area contributed by atoms with Gasteiger partial charge < -0.3 is 30.7 Å². The summed E-state index contributed by atoms with van der Waals surface area (Å²) < 4.78 is 0. The molecule has 14 heteroatoms. The van der Waals surface area contributed by atoms with Crippen LogP contribution in [0.15, 0.2) is 12.1 Å². The third-order valence-corrected chi connectivity index (χ3v) is 6.68. The van der Waals surface area contributed by atoms with Crippen molar-refractivity contribution >= 4 is 23.7 Å². The van der Waals surface area contributed by atoms with E-state index in [1.807, 2.05) is 0 Å². The van der Waals surface area contributed by atoms with Gasteiger partial charge in [0, 0.05) is 25.1 Å². The van der Waals surface area contributed by atoms with E-state index in [1.54, 1.807) is 12.1 Å². The lowest BCUT2D eigenvalue weighted by Gasteiger charge is -2.25. The zero-order chi connectivity index (χ0) is 25.7. The largest absolute Gasteiger partial charge is 0.481 e. The van der Waals surface area contributed by atoms with Crippen molar-refractivity contribution in [3.8, 4) is 0 Å². The predicted octanol–water partition coefficient (Wildman–Crippen LogP) is -0.368. The number of aliphatic hydroxyl groups is 1. The van der Waals surface area contributed by atoms with Gasteiger partial charge in [0.1, 0.15) is 11.7 Å². The first-order chi connectivity index (χ1) is 17.3. The van der Waals surface area contributed by atoms with Crippen LogP contribution in [0.25, 0.3) is 0 Å². The smallest absolute Gasteiger partial charge is 0.303 e. The van der Waals surface area contributed by atoms with Gasteiger partial charge in [0.25, 0.3) is 5.91 Å². The summed E-state index contributed by atoms with van der Waals surface area (Å²) in [4.78, 5) is 53.7. The number of hydrogen-bond acceptors (Lipinski definition) is 8. The number of carbonyl (C=O) groups is 4. The fraction of sp³-hybridized carbons (Fsp3) is 0.591. The van der Waals surface area contributed by atoms with E-state index < -0.39 is 29.9 Å². The Morgan fingerprint density at radius 1 is 1.17 bits per heavy atom. The summed E-state index contributed by atoms with van der Waals surface area (Å²) in [6.45, 7) is 0.0344. The highest BCUT2D eigenvalue weighted by Gasteiger charge is 2.40. The molecule has 1 saturated heterocycles. The second-order valence-electron chi connectivity index (χ2n) is 9.22. The molecule has 3 heterocycles. The summed E-state index contributed by atoms with van der Waals surface area (Å²) in [5.41, 5.74) is 0.879. The van der Waals surface area contributed by atoms with Crippen LogP contribution in [0.5, 0.6) is 0 Å². The summed E-state index contributed by atoms with van der Waals surface area (Å²) in [5, 5.41) is 37.9. The van der Waals surface area contributed by atoms with E-state index in [-0.39, 0.29) is 61.7 Å². The molecule has 3 atom stereocenters. The van der Waals surface area contributed by atoms with Crippen LogP contribution in [0, 0.1) is 5.92 Å². The standard InChI is InChI=1S/C22H30N8O6/c31-13-9-16(21(35)23-10-17-26-28-29-27-17)30(11-13)22(36)15-6-5-14(24-15)20(12-3-1-2-4-12)25-18(32)7-8-19(33)34/h5-6,12-13,16,20,24,31H,1-4,7-11H2,(H,23,35)(H,25,32)(H,33,34)(H,26,27,28,29)/t13-,16+,20+/m1/s1. The first-order valence-corrected chi connectivity index (χ1v) is 12.0. The van der Waals surface area contributed by atoms with E-state index in [0.29, 0.717) is 5.69 Å². The van der Waals surface area contributed by atoms with Crippen LogP contribution in [0.1, 0.15) is 73.0 Å². The minimum absolute atomic E-state index is 0.00542. The van der Waals surface area contributed by atoms with Crippen molar-refractivity contribution in [3.63, 3.8) is 0 Å². The molecule has 194 valence electrons. The Bertz CT molecular complexity index is 1080. The maximum absolute atomic E-state index is 13.3. The van der Waals surface area contributed by atoms with Crippen LogP contribution < -0.4 is 10.6 Å². The van der Waals surface area contributed by atoms with Gasteiger partial charge in [-0.3, -0.25) is 19.2 Å². The highest BCUT2D eigenvalue weighted by molar-refractivity contribution is 5.97. The lowest BCUT2D eigenvalue weighted by molar-refractivity contribution is -0.139. The molecule has 3 amide bonds. The van der Waals surface area contributed by atoms with Crippen LogP contribution in [0.3, 0.4) is 0 Å². The molecule has 36 heavy (non-hydrogen) atoms. The van der Waals surface area contributed by atoms with Gasteiger partial charge in [-0.2, -0.15) is 5.21 Å². The van der Waals surface area contributed by atoms with Crippen LogP contribution in [0.4, 0.5) is 0 Å². The van der Waals surface area contributed by atoms with E-state index in [4.69, 9.17) is 5.11 Å². The van der Waals surface area contributed by atoms with E-state index in [1.165, 1.54) is 4.90 Å². The van der Waals surface area contributed by atoms with Crippen molar-refractivity contribution in [3.05, 3.63) is 29.3 Å². The maximum Gasteiger partial charge on any atom is 0.303 e. The van der Waals surface area contributed by atoms with Gasteiger partial charge in [0.15, 0.2) is 5.82 Å². The fourth-order valence-corrected chi connectivity index (χ4v) is 4.91. The van der Waals surface area contributed by atoms with Gasteiger partial charge in [-0.25, -0.2) is 0 Å². The molecule has 1 aliphatic heterocycles. The Labute approximate surface area is 206 Å².